The van der Waals surface area contributed by atoms with Crippen molar-refractivity contribution in [3.05, 3.63) is 0 Å². The number of hydrogen-bond acceptors (Lipinski definition) is 4. The molecule has 0 radical (unpaired) electrons. The minimum absolute atomic E-state index is 0. The van der Waals surface area contributed by atoms with Crippen LogP contribution < -0.4 is 5.73 Å². The van der Waals surface area contributed by atoms with Crippen LogP contribution in [0.3, 0.4) is 0 Å². The van der Waals surface area contributed by atoms with Gasteiger partial charge in [-0.15, -0.1) is 0 Å². The third-order valence-corrected chi connectivity index (χ3v) is 6.03. The quantitative estimate of drug-likeness (QED) is 0.182. The first-order valence-electron chi connectivity index (χ1n) is 4.60. The van der Waals surface area contributed by atoms with Gasteiger partial charge in [0.05, 0.1) is 0 Å². The maximum absolute atomic E-state index is 10.9. The number of nitrogens with two attached hydrogens (primary N) is 1. The zero-order valence-electron chi connectivity index (χ0n) is 8.56. The molecule has 0 saturated carbocycles. The van der Waals surface area contributed by atoms with Crippen LogP contribution in [0.5, 0.6) is 0 Å². The standard InChI is InChI=1S/C6H17NO7P2.2Na.2H/c7-5-3-1-2-4-6(8,15(9,10)11)16(12,13)14;;;;/h8H,1-5,7H2,(H2,9,10,11)(H2,12,13,14);;;;. The first kappa shape index (κ1) is 25.2. The van der Waals surface area contributed by atoms with Crippen molar-refractivity contribution in [3.63, 3.8) is 0 Å². The summed E-state index contributed by atoms with van der Waals surface area (Å²) in [5.41, 5.74) is 5.18. The van der Waals surface area contributed by atoms with Crippen molar-refractivity contribution in [2.24, 2.45) is 5.73 Å². The molecular weight excluding hydrogens is 306 g/mol. The summed E-state index contributed by atoms with van der Waals surface area (Å²) in [5.74, 6) is 0. The van der Waals surface area contributed by atoms with E-state index in [1.165, 1.54) is 0 Å². The average Bonchev–Trinajstić information content (AvgIpc) is 2.08. The first-order valence-corrected chi connectivity index (χ1v) is 7.82. The number of aliphatic hydroxyl groups is 1. The van der Waals surface area contributed by atoms with Gasteiger partial charge in [-0.1, -0.05) is 6.42 Å². The molecule has 18 heavy (non-hydrogen) atoms. The normalized spacial score (nSPS) is 12.6. The molecule has 0 heterocycles. The Bertz CT molecular complexity index is 295. The Kier molecular flexibility index (Phi) is 14.0. The van der Waals surface area contributed by atoms with Crippen molar-refractivity contribution in [3.8, 4) is 0 Å². The molecule has 0 amide bonds. The van der Waals surface area contributed by atoms with E-state index in [9.17, 15) is 14.2 Å². The monoisotopic (exact) mass is 325 g/mol. The molecule has 0 unspecified atom stereocenters. The minimum atomic E-state index is -5.30. The van der Waals surface area contributed by atoms with Crippen molar-refractivity contribution < 1.29 is 33.8 Å². The summed E-state index contributed by atoms with van der Waals surface area (Å²) in [7, 11) is -10.6. The molecule has 0 atom stereocenters. The van der Waals surface area contributed by atoms with Gasteiger partial charge in [0.2, 0.25) is 0 Å². The van der Waals surface area contributed by atoms with Crippen LogP contribution in [0.1, 0.15) is 25.7 Å². The summed E-state index contributed by atoms with van der Waals surface area (Å²) in [6.07, 6.45) is 0.392. The molecular formula is C6H19NNa2O7P2. The summed E-state index contributed by atoms with van der Waals surface area (Å²) in [6, 6.07) is 0. The fraction of sp³-hybridized carbons (Fsp3) is 1.00. The topological polar surface area (TPSA) is 161 Å². The Morgan fingerprint density at radius 1 is 0.889 bits per heavy atom. The van der Waals surface area contributed by atoms with Crippen molar-refractivity contribution >= 4 is 74.3 Å². The van der Waals surface area contributed by atoms with E-state index in [0.29, 0.717) is 19.4 Å². The van der Waals surface area contributed by atoms with Gasteiger partial charge in [-0.2, -0.15) is 0 Å². The molecule has 0 fully saturated rings. The second kappa shape index (κ2) is 10.0. The molecule has 0 aliphatic heterocycles. The third kappa shape index (κ3) is 7.29. The van der Waals surface area contributed by atoms with Crippen molar-refractivity contribution in [2.45, 2.75) is 30.8 Å². The van der Waals surface area contributed by atoms with Gasteiger partial charge in [0, 0.05) is 0 Å². The van der Waals surface area contributed by atoms with Gasteiger partial charge in [-0.3, -0.25) is 9.13 Å². The Morgan fingerprint density at radius 2 is 1.28 bits per heavy atom. The van der Waals surface area contributed by atoms with Crippen LogP contribution in [-0.2, 0) is 9.13 Å². The Labute approximate surface area is 150 Å². The van der Waals surface area contributed by atoms with E-state index in [1.807, 2.05) is 0 Å². The van der Waals surface area contributed by atoms with Gasteiger partial charge in [0.25, 0.3) is 5.08 Å². The fourth-order valence-corrected chi connectivity index (χ4v) is 3.40. The predicted octanol–water partition coefficient (Wildman–Crippen LogP) is -1.79. The van der Waals surface area contributed by atoms with Gasteiger partial charge in [-0.25, -0.2) is 0 Å². The number of unbranched alkanes of at least 4 members (excludes halogenated alkanes) is 2. The second-order valence-corrected chi connectivity index (χ2v) is 7.47. The Balaban J connectivity index is -0.00000112. The third-order valence-electron chi connectivity index (χ3n) is 2.15. The van der Waals surface area contributed by atoms with Gasteiger partial charge in [-0.05, 0) is 25.8 Å². The van der Waals surface area contributed by atoms with Gasteiger partial charge < -0.3 is 30.4 Å². The summed E-state index contributed by atoms with van der Waals surface area (Å²) < 4.78 is 21.8. The molecule has 0 bridgehead atoms. The number of rotatable bonds is 7. The van der Waals surface area contributed by atoms with Gasteiger partial charge >= 0.3 is 74.3 Å². The van der Waals surface area contributed by atoms with Crippen LogP contribution in [0.25, 0.3) is 0 Å². The molecule has 0 rings (SSSR count). The summed E-state index contributed by atoms with van der Waals surface area (Å²) in [5, 5.41) is 6.14. The first-order chi connectivity index (χ1) is 7.06. The van der Waals surface area contributed by atoms with E-state index in [-0.39, 0.29) is 65.5 Å². The van der Waals surface area contributed by atoms with E-state index in [4.69, 9.17) is 25.3 Å². The molecule has 102 valence electrons. The molecule has 0 aromatic rings. The zero-order chi connectivity index (χ0) is 13.0. The van der Waals surface area contributed by atoms with Crippen LogP contribution in [0.2, 0.25) is 0 Å². The van der Waals surface area contributed by atoms with Crippen LogP contribution in [0, 0.1) is 0 Å². The van der Waals surface area contributed by atoms with Gasteiger partial charge in [0.1, 0.15) is 0 Å². The van der Waals surface area contributed by atoms with E-state index >= 15 is 0 Å². The van der Waals surface area contributed by atoms with E-state index in [0.717, 1.165) is 0 Å². The summed E-state index contributed by atoms with van der Waals surface area (Å²) in [6.45, 7) is 0.365. The maximum atomic E-state index is 10.9. The average molecular weight is 325 g/mol. The molecule has 0 aliphatic carbocycles. The Hall–Kier alpha value is 2.22. The van der Waals surface area contributed by atoms with Crippen LogP contribution in [-0.4, -0.2) is 95.4 Å². The molecule has 8 nitrogen and oxygen atoms in total. The van der Waals surface area contributed by atoms with Crippen LogP contribution in [0.15, 0.2) is 0 Å². The predicted molar refractivity (Wildman–Crippen MR) is 70.9 cm³/mol. The van der Waals surface area contributed by atoms with E-state index < -0.39 is 26.7 Å². The van der Waals surface area contributed by atoms with Gasteiger partial charge in [0.15, 0.2) is 0 Å². The SMILES string of the molecule is NCCCCCC(O)(P(=O)(O)O)P(=O)(O)O.[NaH].[NaH]. The summed E-state index contributed by atoms with van der Waals surface area (Å²) >= 11 is 0. The molecule has 0 spiro atoms. The summed E-state index contributed by atoms with van der Waals surface area (Å²) in [4.78, 5) is 35.1. The molecule has 7 N–H and O–H groups in total. The Morgan fingerprint density at radius 3 is 1.56 bits per heavy atom. The van der Waals surface area contributed by atoms with Crippen LogP contribution >= 0.6 is 15.2 Å². The van der Waals surface area contributed by atoms with Crippen molar-refractivity contribution in [1.82, 2.24) is 0 Å². The zero-order valence-corrected chi connectivity index (χ0v) is 10.3. The fourth-order valence-electron chi connectivity index (χ4n) is 1.14. The van der Waals surface area contributed by atoms with Crippen molar-refractivity contribution in [1.29, 1.82) is 0 Å². The molecule has 0 saturated heterocycles. The van der Waals surface area contributed by atoms with E-state index in [2.05, 4.69) is 0 Å². The van der Waals surface area contributed by atoms with Crippen molar-refractivity contribution in [2.75, 3.05) is 6.54 Å². The van der Waals surface area contributed by atoms with E-state index in [1.54, 1.807) is 0 Å². The molecule has 0 aliphatic rings. The molecule has 0 aromatic carbocycles. The number of hydrogen-bond donors (Lipinski definition) is 6. The second-order valence-electron chi connectivity index (χ2n) is 3.46. The molecule has 12 heteroatoms. The van der Waals surface area contributed by atoms with Crippen LogP contribution in [0.4, 0.5) is 0 Å². The molecule has 0 aromatic heterocycles.